The minimum Gasteiger partial charge on any atom is -0.457 e. The highest BCUT2D eigenvalue weighted by atomic mass is 35.5. The van der Waals surface area contributed by atoms with E-state index in [2.05, 4.69) is 10.2 Å². The molecule has 1 N–H and O–H groups in total. The Kier molecular flexibility index (Phi) is 6.38. The standard InChI is InChI=1S/C23H19Cl3N2O2/c24-15-3-7-18(19(25)13-15)22-9-5-17(30-22)6-10-23(29)27-16-4-8-21(20(26)14-16)28-11-1-2-12-28/h3-10,13-14H,1-2,11-12H2,(H,27,29)/b10-6+. The molecule has 1 aliphatic heterocycles. The van der Waals surface area contributed by atoms with E-state index in [0.29, 0.717) is 32.3 Å². The first-order valence-electron chi connectivity index (χ1n) is 9.58. The highest BCUT2D eigenvalue weighted by Crippen LogP contribution is 2.32. The maximum atomic E-state index is 12.3. The van der Waals surface area contributed by atoms with Gasteiger partial charge in [0.25, 0.3) is 0 Å². The van der Waals surface area contributed by atoms with E-state index in [-0.39, 0.29) is 5.91 Å². The van der Waals surface area contributed by atoms with Crippen molar-refractivity contribution < 1.29 is 9.21 Å². The van der Waals surface area contributed by atoms with Crippen LogP contribution in [0, 0.1) is 0 Å². The maximum absolute atomic E-state index is 12.3. The second-order valence-corrected chi connectivity index (χ2v) is 8.26. The van der Waals surface area contributed by atoms with Crippen LogP contribution in [0.1, 0.15) is 18.6 Å². The fraction of sp³-hybridized carbons (Fsp3) is 0.174. The number of nitrogens with one attached hydrogen (secondary N) is 1. The van der Waals surface area contributed by atoms with Crippen molar-refractivity contribution in [1.82, 2.24) is 0 Å². The zero-order chi connectivity index (χ0) is 21.1. The molecule has 4 rings (SSSR count). The predicted octanol–water partition coefficient (Wildman–Crippen LogP) is 7.16. The molecular weight excluding hydrogens is 443 g/mol. The molecule has 0 bridgehead atoms. The van der Waals surface area contributed by atoms with Gasteiger partial charge >= 0.3 is 0 Å². The molecule has 2 heterocycles. The van der Waals surface area contributed by atoms with Crippen molar-refractivity contribution in [2.24, 2.45) is 0 Å². The summed E-state index contributed by atoms with van der Waals surface area (Å²) in [5.41, 5.74) is 2.38. The van der Waals surface area contributed by atoms with Crippen molar-refractivity contribution in [1.29, 1.82) is 0 Å². The molecule has 0 saturated carbocycles. The van der Waals surface area contributed by atoms with E-state index in [0.717, 1.165) is 24.3 Å². The average Bonchev–Trinajstić information content (AvgIpc) is 3.39. The molecule has 0 atom stereocenters. The monoisotopic (exact) mass is 460 g/mol. The number of carbonyl (C=O) groups is 1. The van der Waals surface area contributed by atoms with E-state index >= 15 is 0 Å². The SMILES string of the molecule is O=C(/C=C/c1ccc(-c2ccc(Cl)cc2Cl)o1)Nc1ccc(N2CCCC2)c(Cl)c1. The van der Waals surface area contributed by atoms with Crippen molar-refractivity contribution in [2.75, 3.05) is 23.3 Å². The molecule has 0 radical (unpaired) electrons. The minimum absolute atomic E-state index is 0.275. The van der Waals surface area contributed by atoms with Crippen LogP contribution < -0.4 is 10.2 Å². The number of halogens is 3. The normalized spacial score (nSPS) is 13.9. The lowest BCUT2D eigenvalue weighted by Gasteiger charge is -2.19. The Morgan fingerprint density at radius 3 is 2.50 bits per heavy atom. The lowest BCUT2D eigenvalue weighted by Crippen LogP contribution is -2.18. The average molecular weight is 462 g/mol. The van der Waals surface area contributed by atoms with Crippen LogP contribution >= 0.6 is 34.8 Å². The summed E-state index contributed by atoms with van der Waals surface area (Å²) in [5, 5.41) is 4.51. The first kappa shape index (κ1) is 20.9. The number of hydrogen-bond donors (Lipinski definition) is 1. The van der Waals surface area contributed by atoms with E-state index in [1.807, 2.05) is 12.1 Å². The zero-order valence-corrected chi connectivity index (χ0v) is 18.3. The molecular formula is C23H19Cl3N2O2. The first-order valence-corrected chi connectivity index (χ1v) is 10.7. The summed E-state index contributed by atoms with van der Waals surface area (Å²) >= 11 is 18.6. The van der Waals surface area contributed by atoms with Gasteiger partial charge in [0.05, 0.1) is 15.7 Å². The second kappa shape index (κ2) is 9.17. The van der Waals surface area contributed by atoms with Crippen LogP contribution in [-0.2, 0) is 4.79 Å². The van der Waals surface area contributed by atoms with Crippen LogP contribution in [0.3, 0.4) is 0 Å². The Balaban J connectivity index is 1.40. The third-order valence-corrected chi connectivity index (χ3v) is 5.73. The third kappa shape index (κ3) is 4.84. The maximum Gasteiger partial charge on any atom is 0.248 e. The van der Waals surface area contributed by atoms with Gasteiger partial charge in [-0.25, -0.2) is 0 Å². The number of carbonyl (C=O) groups excluding carboxylic acids is 1. The number of furan rings is 1. The van der Waals surface area contributed by atoms with E-state index in [1.54, 1.807) is 42.5 Å². The van der Waals surface area contributed by atoms with E-state index < -0.39 is 0 Å². The van der Waals surface area contributed by atoms with Crippen molar-refractivity contribution in [2.45, 2.75) is 12.8 Å². The number of hydrogen-bond acceptors (Lipinski definition) is 3. The van der Waals surface area contributed by atoms with Gasteiger partial charge in [0.2, 0.25) is 5.91 Å². The lowest BCUT2D eigenvalue weighted by atomic mass is 10.2. The fourth-order valence-electron chi connectivity index (χ4n) is 3.42. The molecule has 2 aromatic carbocycles. The van der Waals surface area contributed by atoms with Crippen molar-refractivity contribution >= 4 is 58.2 Å². The van der Waals surface area contributed by atoms with Crippen LogP contribution in [0.25, 0.3) is 17.4 Å². The Hall–Kier alpha value is -2.40. The molecule has 0 spiro atoms. The molecule has 1 aromatic heterocycles. The largest absolute Gasteiger partial charge is 0.457 e. The van der Waals surface area contributed by atoms with Gasteiger partial charge in [0.15, 0.2) is 0 Å². The molecule has 1 saturated heterocycles. The van der Waals surface area contributed by atoms with Gasteiger partial charge in [-0.1, -0.05) is 34.8 Å². The molecule has 154 valence electrons. The van der Waals surface area contributed by atoms with Crippen molar-refractivity contribution in [3.05, 3.63) is 75.4 Å². The van der Waals surface area contributed by atoms with E-state index in [4.69, 9.17) is 39.2 Å². The van der Waals surface area contributed by atoms with Gasteiger partial charge in [-0.15, -0.1) is 0 Å². The fourth-order valence-corrected chi connectivity index (χ4v) is 4.22. The predicted molar refractivity (Wildman–Crippen MR) is 125 cm³/mol. The molecule has 30 heavy (non-hydrogen) atoms. The second-order valence-electron chi connectivity index (χ2n) is 7.01. The number of amides is 1. The molecule has 1 fully saturated rings. The quantitative estimate of drug-likeness (QED) is 0.410. The summed E-state index contributed by atoms with van der Waals surface area (Å²) in [4.78, 5) is 14.5. The van der Waals surface area contributed by atoms with Crippen LogP contribution in [0.4, 0.5) is 11.4 Å². The van der Waals surface area contributed by atoms with E-state index in [1.165, 1.54) is 18.9 Å². The summed E-state index contributed by atoms with van der Waals surface area (Å²) in [7, 11) is 0. The molecule has 0 unspecified atom stereocenters. The minimum atomic E-state index is -0.275. The molecule has 1 aliphatic rings. The molecule has 1 amide bonds. The Labute approximate surface area is 190 Å². The highest BCUT2D eigenvalue weighted by Gasteiger charge is 2.15. The summed E-state index contributed by atoms with van der Waals surface area (Å²) < 4.78 is 5.76. The van der Waals surface area contributed by atoms with E-state index in [9.17, 15) is 4.79 Å². The number of nitrogens with zero attached hydrogens (tertiary/aromatic N) is 1. The zero-order valence-electron chi connectivity index (χ0n) is 16.0. The summed E-state index contributed by atoms with van der Waals surface area (Å²) in [6.45, 7) is 2.03. The Morgan fingerprint density at radius 1 is 0.967 bits per heavy atom. The molecule has 7 heteroatoms. The summed E-state index contributed by atoms with van der Waals surface area (Å²) in [6.07, 6.45) is 5.37. The molecule has 3 aromatic rings. The van der Waals surface area contributed by atoms with Crippen molar-refractivity contribution in [3.8, 4) is 11.3 Å². The van der Waals surface area contributed by atoms with Gasteiger partial charge < -0.3 is 14.6 Å². The first-order chi connectivity index (χ1) is 14.5. The molecule has 0 aliphatic carbocycles. The Bertz CT molecular complexity index is 1100. The van der Waals surface area contributed by atoms with Crippen LogP contribution in [-0.4, -0.2) is 19.0 Å². The van der Waals surface area contributed by atoms with Crippen LogP contribution in [0.15, 0.2) is 59.0 Å². The van der Waals surface area contributed by atoms with Gasteiger partial charge in [0.1, 0.15) is 11.5 Å². The smallest absolute Gasteiger partial charge is 0.248 e. The summed E-state index contributed by atoms with van der Waals surface area (Å²) in [5.74, 6) is 0.858. The third-order valence-electron chi connectivity index (χ3n) is 4.88. The van der Waals surface area contributed by atoms with Gasteiger partial charge in [0, 0.05) is 35.4 Å². The summed E-state index contributed by atoms with van der Waals surface area (Å²) in [6, 6.07) is 14.3. The highest BCUT2D eigenvalue weighted by molar-refractivity contribution is 6.36. The topological polar surface area (TPSA) is 45.5 Å². The number of rotatable bonds is 5. The van der Waals surface area contributed by atoms with Gasteiger partial charge in [-0.05, 0) is 67.4 Å². The Morgan fingerprint density at radius 2 is 1.77 bits per heavy atom. The molecule has 4 nitrogen and oxygen atoms in total. The number of anilines is 2. The van der Waals surface area contributed by atoms with Crippen LogP contribution in [0.2, 0.25) is 15.1 Å². The van der Waals surface area contributed by atoms with Gasteiger partial charge in [-0.2, -0.15) is 0 Å². The van der Waals surface area contributed by atoms with Crippen LogP contribution in [0.5, 0.6) is 0 Å². The number of benzene rings is 2. The van der Waals surface area contributed by atoms with Gasteiger partial charge in [-0.3, -0.25) is 4.79 Å². The lowest BCUT2D eigenvalue weighted by molar-refractivity contribution is -0.111. The van der Waals surface area contributed by atoms with Crippen molar-refractivity contribution in [3.63, 3.8) is 0 Å².